The monoisotopic (exact) mass is 441 g/mol. The molecule has 140 valence electrons. The van der Waals surface area contributed by atoms with Gasteiger partial charge in [-0.15, -0.1) is 0 Å². The summed E-state index contributed by atoms with van der Waals surface area (Å²) in [5, 5.41) is 3.46. The molecule has 26 heavy (non-hydrogen) atoms. The summed E-state index contributed by atoms with van der Waals surface area (Å²) in [6.45, 7) is 2.82. The number of amides is 1. The van der Waals surface area contributed by atoms with Crippen molar-refractivity contribution >= 4 is 33.4 Å². The van der Waals surface area contributed by atoms with Gasteiger partial charge in [0.15, 0.2) is 11.5 Å². The fourth-order valence-electron chi connectivity index (χ4n) is 2.34. The Kier molecular flexibility index (Phi) is 7.75. The molecule has 0 fully saturated rings. The second-order valence-electron chi connectivity index (χ2n) is 5.57. The SMILES string of the molecule is COCCOc1ccc(C(C)NC(=O)c2cc(Cl)ccc2Br)cc1OC. The predicted octanol–water partition coefficient (Wildman–Crippen LogP) is 4.63. The van der Waals surface area contributed by atoms with Crippen LogP contribution in [0.1, 0.15) is 28.9 Å². The summed E-state index contributed by atoms with van der Waals surface area (Å²) >= 11 is 9.36. The highest BCUT2D eigenvalue weighted by Crippen LogP contribution is 2.30. The Hall–Kier alpha value is -1.76. The van der Waals surface area contributed by atoms with Crippen LogP contribution in [-0.2, 0) is 4.74 Å². The van der Waals surface area contributed by atoms with Crippen LogP contribution in [0, 0.1) is 0 Å². The van der Waals surface area contributed by atoms with Crippen molar-refractivity contribution in [3.8, 4) is 11.5 Å². The van der Waals surface area contributed by atoms with Crippen LogP contribution in [0.5, 0.6) is 11.5 Å². The lowest BCUT2D eigenvalue weighted by atomic mass is 10.1. The minimum Gasteiger partial charge on any atom is -0.493 e. The zero-order chi connectivity index (χ0) is 19.1. The summed E-state index contributed by atoms with van der Waals surface area (Å²) < 4.78 is 16.7. The number of halogens is 2. The Labute approximate surface area is 166 Å². The quantitative estimate of drug-likeness (QED) is 0.606. The van der Waals surface area contributed by atoms with Crippen LogP contribution in [0.3, 0.4) is 0 Å². The Balaban J connectivity index is 2.12. The second-order valence-corrected chi connectivity index (χ2v) is 6.86. The largest absolute Gasteiger partial charge is 0.493 e. The number of carbonyl (C=O) groups is 1. The molecule has 0 aromatic heterocycles. The van der Waals surface area contributed by atoms with Crippen molar-refractivity contribution in [1.29, 1.82) is 0 Å². The van der Waals surface area contributed by atoms with E-state index in [2.05, 4.69) is 21.2 Å². The first-order valence-electron chi connectivity index (χ1n) is 8.01. The first-order valence-corrected chi connectivity index (χ1v) is 9.19. The average Bonchev–Trinajstić information content (AvgIpc) is 2.63. The van der Waals surface area contributed by atoms with E-state index in [4.69, 9.17) is 25.8 Å². The molecule has 0 aliphatic rings. The third-order valence-electron chi connectivity index (χ3n) is 3.75. The number of nitrogens with one attached hydrogen (secondary N) is 1. The molecule has 0 aliphatic heterocycles. The fourth-order valence-corrected chi connectivity index (χ4v) is 2.94. The molecule has 1 amide bonds. The Morgan fingerprint density at radius 3 is 2.62 bits per heavy atom. The molecule has 0 heterocycles. The molecule has 0 saturated heterocycles. The lowest BCUT2D eigenvalue weighted by Gasteiger charge is -2.17. The third-order valence-corrected chi connectivity index (χ3v) is 4.68. The first kappa shape index (κ1) is 20.6. The highest BCUT2D eigenvalue weighted by molar-refractivity contribution is 9.10. The number of carbonyl (C=O) groups excluding carboxylic acids is 1. The normalized spacial score (nSPS) is 11.7. The van der Waals surface area contributed by atoms with E-state index in [9.17, 15) is 4.79 Å². The Bertz CT molecular complexity index is 769. The third kappa shape index (κ3) is 5.37. The van der Waals surface area contributed by atoms with Crippen LogP contribution < -0.4 is 14.8 Å². The van der Waals surface area contributed by atoms with Gasteiger partial charge in [-0.1, -0.05) is 17.7 Å². The summed E-state index contributed by atoms with van der Waals surface area (Å²) in [7, 11) is 3.20. The van der Waals surface area contributed by atoms with Crippen molar-refractivity contribution in [3.63, 3.8) is 0 Å². The highest BCUT2D eigenvalue weighted by Gasteiger charge is 2.16. The maximum atomic E-state index is 12.5. The van der Waals surface area contributed by atoms with Gasteiger partial charge >= 0.3 is 0 Å². The minimum atomic E-state index is -0.227. The number of benzene rings is 2. The molecule has 1 atom stereocenters. The van der Waals surface area contributed by atoms with Gasteiger partial charge in [0.25, 0.3) is 5.91 Å². The Morgan fingerprint density at radius 2 is 1.92 bits per heavy atom. The van der Waals surface area contributed by atoms with Gasteiger partial charge in [0.2, 0.25) is 0 Å². The highest BCUT2D eigenvalue weighted by atomic mass is 79.9. The summed E-state index contributed by atoms with van der Waals surface area (Å²) in [5.74, 6) is 1.01. The molecule has 2 rings (SSSR count). The van der Waals surface area contributed by atoms with Crippen LogP contribution in [0.15, 0.2) is 40.9 Å². The predicted molar refractivity (Wildman–Crippen MR) is 105 cm³/mol. The minimum absolute atomic E-state index is 0.216. The molecule has 0 aliphatic carbocycles. The van der Waals surface area contributed by atoms with Gasteiger partial charge in [0.05, 0.1) is 25.3 Å². The van der Waals surface area contributed by atoms with E-state index in [0.717, 1.165) is 5.56 Å². The van der Waals surface area contributed by atoms with E-state index < -0.39 is 0 Å². The summed E-state index contributed by atoms with van der Waals surface area (Å²) in [5.41, 5.74) is 1.38. The van der Waals surface area contributed by atoms with Gasteiger partial charge in [0, 0.05) is 16.6 Å². The van der Waals surface area contributed by atoms with Crippen molar-refractivity contribution in [2.45, 2.75) is 13.0 Å². The maximum Gasteiger partial charge on any atom is 0.252 e. The molecule has 1 N–H and O–H groups in total. The summed E-state index contributed by atoms with van der Waals surface area (Å²) in [6.07, 6.45) is 0. The fraction of sp³-hybridized carbons (Fsp3) is 0.316. The molecule has 2 aromatic carbocycles. The van der Waals surface area contributed by atoms with Crippen LogP contribution in [-0.4, -0.2) is 33.3 Å². The molecule has 0 spiro atoms. The van der Waals surface area contributed by atoms with E-state index >= 15 is 0 Å². The van der Waals surface area contributed by atoms with Gasteiger partial charge in [-0.25, -0.2) is 0 Å². The zero-order valence-corrected chi connectivity index (χ0v) is 17.2. The van der Waals surface area contributed by atoms with E-state index in [0.29, 0.717) is 39.8 Å². The lowest BCUT2D eigenvalue weighted by molar-refractivity contribution is 0.0939. The van der Waals surface area contributed by atoms with Crippen LogP contribution >= 0.6 is 27.5 Å². The number of methoxy groups -OCH3 is 2. The van der Waals surface area contributed by atoms with Gasteiger partial charge in [-0.3, -0.25) is 4.79 Å². The second kappa shape index (κ2) is 9.80. The average molecular weight is 443 g/mol. The van der Waals surface area contributed by atoms with Crippen LogP contribution in [0.2, 0.25) is 5.02 Å². The molecule has 5 nitrogen and oxygen atoms in total. The van der Waals surface area contributed by atoms with Gasteiger partial charge in [0.1, 0.15) is 6.61 Å². The van der Waals surface area contributed by atoms with E-state index in [1.54, 1.807) is 32.4 Å². The smallest absolute Gasteiger partial charge is 0.252 e. The molecular formula is C19H21BrClNO4. The van der Waals surface area contributed by atoms with Gasteiger partial charge in [-0.05, 0) is 58.7 Å². The molecule has 0 radical (unpaired) electrons. The van der Waals surface area contributed by atoms with Crippen molar-refractivity contribution < 1.29 is 19.0 Å². The lowest BCUT2D eigenvalue weighted by Crippen LogP contribution is -2.27. The number of hydrogen-bond donors (Lipinski definition) is 1. The van der Waals surface area contributed by atoms with E-state index in [1.807, 2.05) is 25.1 Å². The maximum absolute atomic E-state index is 12.5. The standard InChI is InChI=1S/C19H21BrClNO4/c1-12(22-19(23)15-11-14(21)5-6-16(15)20)13-4-7-17(18(10-13)25-3)26-9-8-24-2/h4-7,10-12H,8-9H2,1-3H3,(H,22,23). The molecule has 1 unspecified atom stereocenters. The number of ether oxygens (including phenoxy) is 3. The summed E-state index contributed by atoms with van der Waals surface area (Å²) in [4.78, 5) is 12.5. The van der Waals surface area contributed by atoms with Crippen molar-refractivity contribution in [2.75, 3.05) is 27.4 Å². The molecular weight excluding hydrogens is 422 g/mol. The van der Waals surface area contributed by atoms with Crippen molar-refractivity contribution in [1.82, 2.24) is 5.32 Å². The van der Waals surface area contributed by atoms with Gasteiger partial charge in [-0.2, -0.15) is 0 Å². The zero-order valence-electron chi connectivity index (χ0n) is 14.8. The number of rotatable bonds is 8. The van der Waals surface area contributed by atoms with Crippen molar-refractivity contribution in [3.05, 3.63) is 57.0 Å². The molecule has 0 bridgehead atoms. The Morgan fingerprint density at radius 1 is 1.15 bits per heavy atom. The van der Waals surface area contributed by atoms with Crippen LogP contribution in [0.4, 0.5) is 0 Å². The van der Waals surface area contributed by atoms with Gasteiger partial charge < -0.3 is 19.5 Å². The van der Waals surface area contributed by atoms with E-state index in [1.165, 1.54) is 0 Å². The van der Waals surface area contributed by atoms with E-state index in [-0.39, 0.29) is 11.9 Å². The molecule has 0 saturated carbocycles. The first-order chi connectivity index (χ1) is 12.5. The topological polar surface area (TPSA) is 56.8 Å². The molecule has 2 aromatic rings. The van der Waals surface area contributed by atoms with Crippen LogP contribution in [0.25, 0.3) is 0 Å². The summed E-state index contributed by atoms with van der Waals surface area (Å²) in [6, 6.07) is 10.4. The molecule has 7 heteroatoms. The van der Waals surface area contributed by atoms with Crippen molar-refractivity contribution in [2.24, 2.45) is 0 Å². The number of hydrogen-bond acceptors (Lipinski definition) is 4.